The van der Waals surface area contributed by atoms with Crippen LogP contribution in [0.1, 0.15) is 25.3 Å². The number of para-hydroxylation sites is 1. The number of hydrogen-bond acceptors (Lipinski definition) is 5. The zero-order valence-corrected chi connectivity index (χ0v) is 11.4. The maximum atomic E-state index is 11.8. The Bertz CT molecular complexity index is 581. The number of carbonyl (C=O) groups is 3. The van der Waals surface area contributed by atoms with Crippen LogP contribution in [-0.2, 0) is 20.8 Å². The van der Waals surface area contributed by atoms with Gasteiger partial charge in [0.15, 0.2) is 5.78 Å². The highest BCUT2D eigenvalue weighted by Gasteiger charge is 2.26. The van der Waals surface area contributed by atoms with E-state index in [1.54, 1.807) is 13.0 Å². The van der Waals surface area contributed by atoms with Crippen molar-refractivity contribution in [3.8, 4) is 0 Å². The fourth-order valence-corrected chi connectivity index (χ4v) is 1.97. The largest absolute Gasteiger partial charge is 0.481 e. The molecule has 0 amide bonds. The molecule has 0 aliphatic rings. The monoisotopic (exact) mass is 293 g/mol. The molecule has 0 fully saturated rings. The zero-order valence-electron chi connectivity index (χ0n) is 11.4. The van der Waals surface area contributed by atoms with E-state index in [1.165, 1.54) is 18.2 Å². The number of nitrogens with zero attached hydrogens (tertiary/aromatic N) is 1. The van der Waals surface area contributed by atoms with Crippen LogP contribution in [0.5, 0.6) is 0 Å². The highest BCUT2D eigenvalue weighted by molar-refractivity contribution is 6.07. The summed E-state index contributed by atoms with van der Waals surface area (Å²) < 4.78 is 0. The second-order valence-corrected chi connectivity index (χ2v) is 4.54. The average molecular weight is 293 g/mol. The molecule has 0 heterocycles. The van der Waals surface area contributed by atoms with Crippen molar-refractivity contribution in [3.05, 3.63) is 39.9 Å². The fraction of sp³-hybridized carbons (Fsp3) is 0.357. The van der Waals surface area contributed by atoms with Gasteiger partial charge in [-0.3, -0.25) is 24.5 Å². The van der Waals surface area contributed by atoms with Crippen molar-refractivity contribution in [2.24, 2.45) is 5.92 Å². The number of hydrogen-bond donors (Lipinski definition) is 1. The average Bonchev–Trinajstić information content (AvgIpc) is 2.38. The summed E-state index contributed by atoms with van der Waals surface area (Å²) in [7, 11) is 0. The van der Waals surface area contributed by atoms with Crippen molar-refractivity contribution in [3.63, 3.8) is 0 Å². The lowest BCUT2D eigenvalue weighted by atomic mass is 9.95. The highest BCUT2D eigenvalue weighted by atomic mass is 16.6. The van der Waals surface area contributed by atoms with Crippen LogP contribution in [0, 0.1) is 16.0 Å². The summed E-state index contributed by atoms with van der Waals surface area (Å²) >= 11 is 0. The van der Waals surface area contributed by atoms with E-state index in [0.29, 0.717) is 0 Å². The van der Waals surface area contributed by atoms with Crippen LogP contribution in [0.3, 0.4) is 0 Å². The molecule has 0 bridgehead atoms. The SMILES string of the molecule is CCC(C(=O)O)C(=O)CC(=O)Cc1ccccc1[N+](=O)[O-]. The third-order valence-electron chi connectivity index (χ3n) is 3.04. The van der Waals surface area contributed by atoms with Crippen LogP contribution < -0.4 is 0 Å². The summed E-state index contributed by atoms with van der Waals surface area (Å²) in [6, 6.07) is 5.75. The molecule has 0 aliphatic heterocycles. The molecule has 7 nitrogen and oxygen atoms in total. The number of ketones is 2. The lowest BCUT2D eigenvalue weighted by Crippen LogP contribution is -2.25. The second-order valence-electron chi connectivity index (χ2n) is 4.54. The molecule has 0 spiro atoms. The third kappa shape index (κ3) is 4.48. The number of aliphatic carboxylic acids is 1. The van der Waals surface area contributed by atoms with Crippen molar-refractivity contribution in [2.75, 3.05) is 0 Å². The van der Waals surface area contributed by atoms with Gasteiger partial charge in [-0.25, -0.2) is 0 Å². The molecule has 1 aromatic rings. The van der Waals surface area contributed by atoms with Crippen molar-refractivity contribution in [1.82, 2.24) is 0 Å². The smallest absolute Gasteiger partial charge is 0.314 e. The molecule has 0 aromatic heterocycles. The Morgan fingerprint density at radius 1 is 1.29 bits per heavy atom. The van der Waals surface area contributed by atoms with Gasteiger partial charge in [0, 0.05) is 18.1 Å². The van der Waals surface area contributed by atoms with E-state index in [1.807, 2.05) is 0 Å². The Balaban J connectivity index is 2.77. The summed E-state index contributed by atoms with van der Waals surface area (Å²) in [6.07, 6.45) is -0.692. The topological polar surface area (TPSA) is 115 Å². The molecular weight excluding hydrogens is 278 g/mol. The lowest BCUT2D eigenvalue weighted by molar-refractivity contribution is -0.385. The van der Waals surface area contributed by atoms with Gasteiger partial charge in [-0.1, -0.05) is 25.1 Å². The van der Waals surface area contributed by atoms with Gasteiger partial charge in [-0.15, -0.1) is 0 Å². The summed E-state index contributed by atoms with van der Waals surface area (Å²) in [5.41, 5.74) is 0.0206. The number of carbonyl (C=O) groups excluding carboxylic acids is 2. The number of rotatable bonds is 8. The van der Waals surface area contributed by atoms with Crippen LogP contribution in [0.4, 0.5) is 5.69 Å². The molecule has 0 radical (unpaired) electrons. The Hall–Kier alpha value is -2.57. The van der Waals surface area contributed by atoms with E-state index in [2.05, 4.69) is 0 Å². The number of carboxylic acids is 1. The second kappa shape index (κ2) is 7.28. The quantitative estimate of drug-likeness (QED) is 0.444. The molecule has 1 atom stereocenters. The maximum Gasteiger partial charge on any atom is 0.314 e. The Morgan fingerprint density at radius 2 is 1.90 bits per heavy atom. The van der Waals surface area contributed by atoms with Gasteiger partial charge in [0.25, 0.3) is 5.69 Å². The minimum Gasteiger partial charge on any atom is -0.481 e. The third-order valence-corrected chi connectivity index (χ3v) is 3.04. The zero-order chi connectivity index (χ0) is 16.0. The van der Waals surface area contributed by atoms with Crippen LogP contribution in [-0.4, -0.2) is 27.6 Å². The standard InChI is InChI=1S/C14H15NO6/c1-2-11(14(18)19)13(17)8-10(16)7-9-5-3-4-6-12(9)15(20)21/h3-6,11H,2,7-8H2,1H3,(H,18,19). The van der Waals surface area contributed by atoms with Crippen molar-refractivity contribution in [1.29, 1.82) is 0 Å². The van der Waals surface area contributed by atoms with Crippen molar-refractivity contribution < 1.29 is 24.4 Å². The lowest BCUT2D eigenvalue weighted by Gasteiger charge is -2.08. The van der Waals surface area contributed by atoms with Crippen LogP contribution >= 0.6 is 0 Å². The van der Waals surface area contributed by atoms with E-state index < -0.39 is 34.8 Å². The van der Waals surface area contributed by atoms with Gasteiger partial charge < -0.3 is 5.11 Å². The summed E-state index contributed by atoms with van der Waals surface area (Å²) in [5.74, 6) is -3.68. The van der Waals surface area contributed by atoms with Crippen LogP contribution in [0.25, 0.3) is 0 Å². The molecule has 7 heteroatoms. The molecule has 0 saturated carbocycles. The minimum absolute atomic E-state index is 0.104. The maximum absolute atomic E-state index is 11.8. The number of benzene rings is 1. The predicted octanol–water partition coefficient (Wildman–Crippen LogP) is 1.78. The number of nitro benzene ring substituents is 1. The summed E-state index contributed by atoms with van der Waals surface area (Å²) in [5, 5.41) is 19.7. The number of nitro groups is 1. The number of Topliss-reactive ketones (excluding diaryl/α,β-unsaturated/α-hetero) is 2. The Kier molecular flexibility index (Phi) is 5.71. The normalized spacial score (nSPS) is 11.7. The van der Waals surface area contributed by atoms with Crippen LogP contribution in [0.2, 0.25) is 0 Å². The molecule has 0 saturated heterocycles. The van der Waals surface area contributed by atoms with Gasteiger partial charge in [0.05, 0.1) is 11.3 Å². The van der Waals surface area contributed by atoms with E-state index in [4.69, 9.17) is 5.11 Å². The first-order valence-corrected chi connectivity index (χ1v) is 6.36. The molecule has 1 rings (SSSR count). The predicted molar refractivity (Wildman–Crippen MR) is 72.8 cm³/mol. The van der Waals surface area contributed by atoms with E-state index >= 15 is 0 Å². The Labute approximate surface area is 120 Å². The fourth-order valence-electron chi connectivity index (χ4n) is 1.97. The highest BCUT2D eigenvalue weighted by Crippen LogP contribution is 2.19. The van der Waals surface area contributed by atoms with Gasteiger partial charge in [0.2, 0.25) is 0 Å². The van der Waals surface area contributed by atoms with E-state index in [0.717, 1.165) is 0 Å². The molecular formula is C14H15NO6. The van der Waals surface area contributed by atoms with Crippen molar-refractivity contribution >= 4 is 23.2 Å². The Morgan fingerprint density at radius 3 is 2.43 bits per heavy atom. The van der Waals surface area contributed by atoms with E-state index in [9.17, 15) is 24.5 Å². The van der Waals surface area contributed by atoms with Gasteiger partial charge >= 0.3 is 5.97 Å². The molecule has 21 heavy (non-hydrogen) atoms. The summed E-state index contributed by atoms with van der Waals surface area (Å²) in [6.45, 7) is 1.54. The minimum atomic E-state index is -1.26. The van der Waals surface area contributed by atoms with E-state index in [-0.39, 0.29) is 24.1 Å². The first kappa shape index (κ1) is 16.5. The molecule has 0 aliphatic carbocycles. The van der Waals surface area contributed by atoms with Crippen LogP contribution in [0.15, 0.2) is 24.3 Å². The molecule has 1 unspecified atom stereocenters. The summed E-state index contributed by atoms with van der Waals surface area (Å²) in [4.78, 5) is 44.6. The molecule has 1 N–H and O–H groups in total. The van der Waals surface area contributed by atoms with Gasteiger partial charge in [0.1, 0.15) is 11.7 Å². The van der Waals surface area contributed by atoms with Gasteiger partial charge in [-0.05, 0) is 6.42 Å². The first-order chi connectivity index (χ1) is 9.86. The number of carboxylic acid groups (broad SMARTS) is 1. The molecule has 112 valence electrons. The molecule has 1 aromatic carbocycles. The van der Waals surface area contributed by atoms with Gasteiger partial charge in [-0.2, -0.15) is 0 Å². The first-order valence-electron chi connectivity index (χ1n) is 6.36. The van der Waals surface area contributed by atoms with Crippen molar-refractivity contribution in [2.45, 2.75) is 26.2 Å².